The summed E-state index contributed by atoms with van der Waals surface area (Å²) in [6.07, 6.45) is 0.0680. The van der Waals surface area contributed by atoms with Crippen LogP contribution in [0.2, 0.25) is 0 Å². The molecule has 0 unspecified atom stereocenters. The number of carbonyl (C=O) groups is 1. The Morgan fingerprint density at radius 1 is 0.909 bits per heavy atom. The fourth-order valence-electron chi connectivity index (χ4n) is 3.64. The number of phenols is 3. The van der Waals surface area contributed by atoms with Crippen molar-refractivity contribution in [3.8, 4) is 17.2 Å². The molecule has 3 aromatic rings. The number of para-hydroxylation sites is 1. The fraction of sp³-hybridized carbons (Fsp3) is 0.269. The number of aromatic hydroxyl groups is 3. The molecule has 7 nitrogen and oxygen atoms in total. The minimum atomic E-state index is -0.871. The molecule has 0 aliphatic heterocycles. The molecule has 0 radical (unpaired) electrons. The lowest BCUT2D eigenvalue weighted by atomic mass is 10.0. The van der Waals surface area contributed by atoms with Gasteiger partial charge in [0.25, 0.3) is 0 Å². The van der Waals surface area contributed by atoms with Crippen molar-refractivity contribution in [2.75, 3.05) is 6.54 Å². The van der Waals surface area contributed by atoms with Crippen molar-refractivity contribution in [3.05, 3.63) is 89.0 Å². The van der Waals surface area contributed by atoms with Crippen LogP contribution in [0, 0.1) is 0 Å². The first-order valence-corrected chi connectivity index (χ1v) is 10.9. The third-order valence-electron chi connectivity index (χ3n) is 5.33. The van der Waals surface area contributed by atoms with E-state index in [-0.39, 0.29) is 48.7 Å². The number of amides is 1. The number of nitrogens with one attached hydrogen (secondary N) is 2. The number of hydrogen-bond acceptors (Lipinski definition) is 6. The highest BCUT2D eigenvalue weighted by Crippen LogP contribution is 2.24. The summed E-state index contributed by atoms with van der Waals surface area (Å²) in [5.74, 6) is -0.164. The van der Waals surface area contributed by atoms with Crippen molar-refractivity contribution in [1.29, 1.82) is 0 Å². The van der Waals surface area contributed by atoms with Gasteiger partial charge in [0, 0.05) is 30.8 Å². The van der Waals surface area contributed by atoms with Gasteiger partial charge in [-0.1, -0.05) is 42.5 Å². The Balaban J connectivity index is 1.48. The molecule has 0 aliphatic rings. The van der Waals surface area contributed by atoms with Crippen molar-refractivity contribution in [2.45, 2.75) is 38.5 Å². The van der Waals surface area contributed by atoms with Gasteiger partial charge in [0.2, 0.25) is 5.91 Å². The topological polar surface area (TPSA) is 122 Å². The van der Waals surface area contributed by atoms with Crippen LogP contribution in [0.4, 0.5) is 0 Å². The Morgan fingerprint density at radius 3 is 2.33 bits per heavy atom. The minimum absolute atomic E-state index is 0.0516. The minimum Gasteiger partial charge on any atom is -0.508 e. The van der Waals surface area contributed by atoms with Crippen LogP contribution in [0.1, 0.15) is 35.3 Å². The predicted molar refractivity (Wildman–Crippen MR) is 126 cm³/mol. The summed E-state index contributed by atoms with van der Waals surface area (Å²) in [7, 11) is 0. The van der Waals surface area contributed by atoms with Crippen LogP contribution >= 0.6 is 0 Å². The molecule has 1 amide bonds. The molecular weight excluding hydrogens is 420 g/mol. The highest BCUT2D eigenvalue weighted by atomic mass is 16.3. The average molecular weight is 451 g/mol. The monoisotopic (exact) mass is 450 g/mol. The third-order valence-corrected chi connectivity index (χ3v) is 5.33. The molecule has 0 spiro atoms. The molecule has 0 aromatic heterocycles. The fourth-order valence-corrected chi connectivity index (χ4v) is 3.64. The van der Waals surface area contributed by atoms with E-state index in [0.717, 1.165) is 11.1 Å². The molecule has 2 atom stereocenters. The molecule has 6 N–H and O–H groups in total. The molecule has 0 fully saturated rings. The Hall–Kier alpha value is -3.55. The standard InChI is InChI=1S/C26H30N2O5/c1-17(27-16-25(32)21-12-22(29)14-23(30)13-21)9-18-5-4-6-19(10-18)11-26(33)28-15-20-7-2-3-8-24(20)31/h2-8,10,12-14,17,25,27,29-32H,9,11,15-16H2,1H3,(H,28,33)/t17-,25+/m1/s1. The maximum atomic E-state index is 12.3. The number of hydrogen-bond donors (Lipinski definition) is 6. The van der Waals surface area contributed by atoms with Crippen LogP contribution < -0.4 is 10.6 Å². The number of aliphatic hydroxyl groups excluding tert-OH is 1. The van der Waals surface area contributed by atoms with Crippen molar-refractivity contribution >= 4 is 5.91 Å². The van der Waals surface area contributed by atoms with Gasteiger partial charge in [-0.2, -0.15) is 0 Å². The van der Waals surface area contributed by atoms with Crippen molar-refractivity contribution in [3.63, 3.8) is 0 Å². The third kappa shape index (κ3) is 7.52. The van der Waals surface area contributed by atoms with E-state index in [1.54, 1.807) is 18.2 Å². The van der Waals surface area contributed by atoms with Gasteiger partial charge in [0.15, 0.2) is 0 Å². The smallest absolute Gasteiger partial charge is 0.224 e. The summed E-state index contributed by atoms with van der Waals surface area (Å²) in [5, 5.41) is 45.4. The molecule has 7 heteroatoms. The van der Waals surface area contributed by atoms with Crippen molar-refractivity contribution in [2.24, 2.45) is 0 Å². The maximum Gasteiger partial charge on any atom is 0.224 e. The second-order valence-electron chi connectivity index (χ2n) is 8.21. The van der Waals surface area contributed by atoms with Gasteiger partial charge < -0.3 is 31.1 Å². The Labute approximate surface area is 193 Å². The highest BCUT2D eigenvalue weighted by molar-refractivity contribution is 5.78. The lowest BCUT2D eigenvalue weighted by molar-refractivity contribution is -0.120. The van der Waals surface area contributed by atoms with Gasteiger partial charge >= 0.3 is 0 Å². The van der Waals surface area contributed by atoms with E-state index < -0.39 is 6.10 Å². The molecule has 0 heterocycles. The summed E-state index contributed by atoms with van der Waals surface area (Å²) in [4.78, 5) is 12.3. The second-order valence-corrected chi connectivity index (χ2v) is 8.21. The lowest BCUT2D eigenvalue weighted by Crippen LogP contribution is -2.32. The molecule has 174 valence electrons. The van der Waals surface area contributed by atoms with Crippen LogP contribution in [0.15, 0.2) is 66.7 Å². The van der Waals surface area contributed by atoms with Gasteiger partial charge in [-0.05, 0) is 48.2 Å². The number of aliphatic hydroxyl groups is 1. The lowest BCUT2D eigenvalue weighted by Gasteiger charge is -2.18. The second kappa shape index (κ2) is 11.4. The van der Waals surface area contributed by atoms with Crippen LogP contribution in [0.25, 0.3) is 0 Å². The molecular formula is C26H30N2O5. The van der Waals surface area contributed by atoms with E-state index in [9.17, 15) is 25.2 Å². The largest absolute Gasteiger partial charge is 0.508 e. The maximum absolute atomic E-state index is 12.3. The number of rotatable bonds is 10. The van der Waals surface area contributed by atoms with E-state index in [1.165, 1.54) is 18.2 Å². The Morgan fingerprint density at radius 2 is 1.61 bits per heavy atom. The number of phenolic OH excluding ortho intramolecular Hbond substituents is 3. The predicted octanol–water partition coefficient (Wildman–Crippen LogP) is 2.92. The van der Waals surface area contributed by atoms with Crippen LogP contribution in [0.3, 0.4) is 0 Å². The van der Waals surface area contributed by atoms with Crippen molar-refractivity contribution < 1.29 is 25.2 Å². The van der Waals surface area contributed by atoms with E-state index >= 15 is 0 Å². The van der Waals surface area contributed by atoms with Gasteiger partial charge in [-0.25, -0.2) is 0 Å². The first-order chi connectivity index (χ1) is 15.8. The van der Waals surface area contributed by atoms with Gasteiger partial charge in [0.1, 0.15) is 17.2 Å². The Kier molecular flexibility index (Phi) is 8.29. The number of benzene rings is 3. The molecule has 3 aromatic carbocycles. The molecule has 3 rings (SSSR count). The van der Waals surface area contributed by atoms with Gasteiger partial charge in [-0.3, -0.25) is 4.79 Å². The zero-order valence-electron chi connectivity index (χ0n) is 18.5. The number of carbonyl (C=O) groups excluding carboxylic acids is 1. The van der Waals surface area contributed by atoms with E-state index in [2.05, 4.69) is 10.6 Å². The molecule has 0 bridgehead atoms. The molecule has 0 aliphatic carbocycles. The summed E-state index contributed by atoms with van der Waals surface area (Å²) < 4.78 is 0. The molecule has 0 saturated heterocycles. The van der Waals surface area contributed by atoms with Crippen LogP contribution in [0.5, 0.6) is 17.2 Å². The van der Waals surface area contributed by atoms with Crippen molar-refractivity contribution in [1.82, 2.24) is 10.6 Å². The van der Waals surface area contributed by atoms with Gasteiger partial charge in [-0.15, -0.1) is 0 Å². The van der Waals surface area contributed by atoms with E-state index in [1.807, 2.05) is 37.3 Å². The average Bonchev–Trinajstić information content (AvgIpc) is 2.76. The van der Waals surface area contributed by atoms with Crippen LogP contribution in [-0.4, -0.2) is 38.9 Å². The quantitative estimate of drug-likeness (QED) is 0.282. The van der Waals surface area contributed by atoms with E-state index in [4.69, 9.17) is 0 Å². The van der Waals surface area contributed by atoms with Crippen LogP contribution in [-0.2, 0) is 24.2 Å². The first kappa shape index (κ1) is 24.1. The normalized spacial score (nSPS) is 12.8. The molecule has 0 saturated carbocycles. The van der Waals surface area contributed by atoms with E-state index in [0.29, 0.717) is 17.5 Å². The summed E-state index contributed by atoms with van der Waals surface area (Å²) in [5.41, 5.74) is 3.06. The zero-order chi connectivity index (χ0) is 23.8. The highest BCUT2D eigenvalue weighted by Gasteiger charge is 2.13. The molecule has 33 heavy (non-hydrogen) atoms. The first-order valence-electron chi connectivity index (χ1n) is 10.9. The SMILES string of the molecule is C[C@H](Cc1cccc(CC(=O)NCc2ccccc2O)c1)NC[C@H](O)c1cc(O)cc(O)c1. The zero-order valence-corrected chi connectivity index (χ0v) is 18.5. The summed E-state index contributed by atoms with van der Waals surface area (Å²) >= 11 is 0. The summed E-state index contributed by atoms with van der Waals surface area (Å²) in [6, 6.07) is 18.8. The summed E-state index contributed by atoms with van der Waals surface area (Å²) in [6.45, 7) is 2.53. The Bertz CT molecular complexity index is 1070. The van der Waals surface area contributed by atoms with Gasteiger partial charge in [0.05, 0.1) is 12.5 Å².